The predicted molar refractivity (Wildman–Crippen MR) is 159 cm³/mol. The van der Waals surface area contributed by atoms with Gasteiger partial charge in [-0.3, -0.25) is 4.79 Å². The van der Waals surface area contributed by atoms with Crippen molar-refractivity contribution >= 4 is 39.1 Å². The smallest absolute Gasteiger partial charge is 0.341 e. The molecule has 2 heterocycles. The summed E-state index contributed by atoms with van der Waals surface area (Å²) in [7, 11) is 1.37. The molecule has 0 bridgehead atoms. The SMILES string of the molecule is COC(=O)c1c(NC(=O)c2cc(-c3ccccc3OC(C)C)nc3ccccc23)sc2c1-c1ccccc1CC2. The molecule has 1 N–H and O–H groups in total. The van der Waals surface area contributed by atoms with Gasteiger partial charge in [-0.05, 0) is 62.1 Å². The highest BCUT2D eigenvalue weighted by atomic mass is 32.1. The lowest BCUT2D eigenvalue weighted by atomic mass is 9.88. The Labute approximate surface area is 236 Å². The number of nitrogens with zero attached hydrogens (tertiary/aromatic N) is 1. The number of carbonyl (C=O) groups is 2. The minimum absolute atomic E-state index is 0.0175. The van der Waals surface area contributed by atoms with Crippen molar-refractivity contribution in [3.8, 4) is 28.1 Å². The van der Waals surface area contributed by atoms with Crippen molar-refractivity contribution in [2.45, 2.75) is 32.8 Å². The number of benzene rings is 3. The summed E-state index contributed by atoms with van der Waals surface area (Å²) in [5.41, 5.74) is 6.04. The maximum absolute atomic E-state index is 14.0. The number of carbonyl (C=O) groups excluding carboxylic acids is 2. The van der Waals surface area contributed by atoms with E-state index in [2.05, 4.69) is 11.4 Å². The molecule has 0 fully saturated rings. The van der Waals surface area contributed by atoms with Crippen LogP contribution in [0.1, 0.15) is 45.0 Å². The van der Waals surface area contributed by atoms with Crippen LogP contribution in [0.3, 0.4) is 0 Å². The summed E-state index contributed by atoms with van der Waals surface area (Å²) in [6, 6.07) is 25.1. The summed E-state index contributed by atoms with van der Waals surface area (Å²) in [5.74, 6) is -0.0899. The predicted octanol–water partition coefficient (Wildman–Crippen LogP) is 7.56. The first kappa shape index (κ1) is 25.8. The van der Waals surface area contributed by atoms with Crippen molar-refractivity contribution in [3.05, 3.63) is 100 Å². The van der Waals surface area contributed by atoms with Gasteiger partial charge in [0.2, 0.25) is 0 Å². The number of thiophene rings is 1. The van der Waals surface area contributed by atoms with Crippen molar-refractivity contribution < 1.29 is 19.1 Å². The van der Waals surface area contributed by atoms with Gasteiger partial charge in [0.15, 0.2) is 0 Å². The second kappa shape index (κ2) is 10.6. The summed E-state index contributed by atoms with van der Waals surface area (Å²) in [6.45, 7) is 3.95. The summed E-state index contributed by atoms with van der Waals surface area (Å²) in [4.78, 5) is 33.0. The van der Waals surface area contributed by atoms with E-state index in [1.54, 1.807) is 6.07 Å². The Balaban J connectivity index is 1.46. The lowest BCUT2D eigenvalue weighted by Gasteiger charge is -2.17. The Morgan fingerprint density at radius 2 is 1.65 bits per heavy atom. The van der Waals surface area contributed by atoms with Crippen molar-refractivity contribution in [1.29, 1.82) is 0 Å². The minimum Gasteiger partial charge on any atom is -0.490 e. The number of hydrogen-bond donors (Lipinski definition) is 1. The molecule has 6 nitrogen and oxygen atoms in total. The number of aromatic nitrogens is 1. The summed E-state index contributed by atoms with van der Waals surface area (Å²) < 4.78 is 11.2. The van der Waals surface area contributed by atoms with Crippen LogP contribution in [0.25, 0.3) is 33.3 Å². The third-order valence-corrected chi connectivity index (χ3v) is 8.16. The molecule has 1 amide bonds. The molecule has 0 radical (unpaired) electrons. The molecular formula is C33H28N2O4S. The van der Waals surface area contributed by atoms with E-state index in [9.17, 15) is 9.59 Å². The van der Waals surface area contributed by atoms with E-state index in [0.717, 1.165) is 39.8 Å². The third-order valence-electron chi connectivity index (χ3n) is 6.99. The van der Waals surface area contributed by atoms with Crippen LogP contribution in [0.15, 0.2) is 78.9 Å². The Hall–Kier alpha value is -4.49. The Bertz CT molecular complexity index is 1770. The normalized spacial score (nSPS) is 12.1. The number of para-hydroxylation sites is 2. The van der Waals surface area contributed by atoms with Crippen LogP contribution in [-0.2, 0) is 17.6 Å². The molecule has 0 saturated heterocycles. The number of pyridine rings is 1. The summed E-state index contributed by atoms with van der Waals surface area (Å²) >= 11 is 1.44. The Kier molecular flexibility index (Phi) is 6.82. The molecule has 0 saturated carbocycles. The highest BCUT2D eigenvalue weighted by molar-refractivity contribution is 7.17. The lowest BCUT2D eigenvalue weighted by Crippen LogP contribution is -2.15. The molecule has 6 rings (SSSR count). The van der Waals surface area contributed by atoms with Crippen LogP contribution in [0.2, 0.25) is 0 Å². The van der Waals surface area contributed by atoms with Crippen LogP contribution < -0.4 is 10.1 Å². The number of hydrogen-bond acceptors (Lipinski definition) is 6. The first-order chi connectivity index (χ1) is 19.4. The fourth-order valence-electron chi connectivity index (χ4n) is 5.26. The lowest BCUT2D eigenvalue weighted by molar-refractivity contribution is 0.0603. The zero-order valence-corrected chi connectivity index (χ0v) is 23.3. The zero-order valence-electron chi connectivity index (χ0n) is 22.5. The molecule has 0 aliphatic heterocycles. The molecule has 40 heavy (non-hydrogen) atoms. The molecule has 0 unspecified atom stereocenters. The van der Waals surface area contributed by atoms with Gasteiger partial charge in [-0.25, -0.2) is 9.78 Å². The maximum Gasteiger partial charge on any atom is 0.341 e. The summed E-state index contributed by atoms with van der Waals surface area (Å²) in [6.07, 6.45) is 1.66. The molecule has 1 aliphatic rings. The fraction of sp³-hybridized carbons (Fsp3) is 0.182. The molecule has 0 atom stereocenters. The monoisotopic (exact) mass is 548 g/mol. The highest BCUT2D eigenvalue weighted by Gasteiger charge is 2.30. The Morgan fingerprint density at radius 1 is 0.925 bits per heavy atom. The van der Waals surface area contributed by atoms with Crippen LogP contribution in [0, 0.1) is 0 Å². The van der Waals surface area contributed by atoms with Crippen molar-refractivity contribution in [2.75, 3.05) is 12.4 Å². The number of rotatable bonds is 6. The van der Waals surface area contributed by atoms with Gasteiger partial charge in [0.1, 0.15) is 16.3 Å². The number of fused-ring (bicyclic) bond motifs is 4. The molecule has 2 aromatic heterocycles. The van der Waals surface area contributed by atoms with E-state index in [-0.39, 0.29) is 12.0 Å². The standard InChI is InChI=1S/C33H28N2O4S/c1-19(2)39-27-15-9-7-13-23(27)26-18-24(22-12-6-8-14-25(22)34-26)31(36)35-32-30(33(37)38-3)29-21-11-5-4-10-20(21)16-17-28(29)40-32/h4-15,18-19H,16-17H2,1-3H3,(H,35,36). The van der Waals surface area contributed by atoms with E-state index in [0.29, 0.717) is 33.1 Å². The van der Waals surface area contributed by atoms with E-state index in [4.69, 9.17) is 14.5 Å². The number of ether oxygens (including phenoxy) is 2. The molecule has 3 aromatic carbocycles. The molecule has 0 spiro atoms. The van der Waals surface area contributed by atoms with E-state index in [1.165, 1.54) is 24.0 Å². The van der Waals surface area contributed by atoms with Gasteiger partial charge in [0, 0.05) is 21.4 Å². The number of nitrogens with one attached hydrogen (secondary N) is 1. The molecular weight excluding hydrogens is 520 g/mol. The van der Waals surface area contributed by atoms with Gasteiger partial charge >= 0.3 is 5.97 Å². The largest absolute Gasteiger partial charge is 0.490 e. The average molecular weight is 549 g/mol. The third kappa shape index (κ3) is 4.62. The van der Waals surface area contributed by atoms with Crippen LogP contribution in [-0.4, -0.2) is 30.1 Å². The number of aryl methyl sites for hydroxylation is 2. The number of amides is 1. The average Bonchev–Trinajstić information content (AvgIpc) is 3.34. The Morgan fingerprint density at radius 3 is 2.45 bits per heavy atom. The van der Waals surface area contributed by atoms with Crippen molar-refractivity contribution in [1.82, 2.24) is 4.98 Å². The number of esters is 1. The van der Waals surface area contributed by atoms with Crippen molar-refractivity contribution in [2.24, 2.45) is 0 Å². The summed E-state index contributed by atoms with van der Waals surface area (Å²) in [5, 5.41) is 4.28. The first-order valence-corrected chi connectivity index (χ1v) is 14.1. The van der Waals surface area contributed by atoms with Gasteiger partial charge in [-0.1, -0.05) is 54.6 Å². The molecule has 7 heteroatoms. The second-order valence-electron chi connectivity index (χ2n) is 9.94. The van der Waals surface area contributed by atoms with E-state index >= 15 is 0 Å². The van der Waals surface area contributed by atoms with Crippen LogP contribution in [0.4, 0.5) is 5.00 Å². The van der Waals surface area contributed by atoms with E-state index < -0.39 is 5.97 Å². The zero-order chi connectivity index (χ0) is 27.8. The van der Waals surface area contributed by atoms with E-state index in [1.807, 2.05) is 80.6 Å². The van der Waals surface area contributed by atoms with Crippen molar-refractivity contribution in [3.63, 3.8) is 0 Å². The highest BCUT2D eigenvalue weighted by Crippen LogP contribution is 2.45. The van der Waals surface area contributed by atoms with Gasteiger partial charge in [-0.2, -0.15) is 0 Å². The quantitative estimate of drug-likeness (QED) is 0.222. The van der Waals surface area contributed by atoms with Gasteiger partial charge < -0.3 is 14.8 Å². The first-order valence-electron chi connectivity index (χ1n) is 13.2. The number of anilines is 1. The molecule has 1 aliphatic carbocycles. The maximum atomic E-state index is 14.0. The van der Waals surface area contributed by atoms with Gasteiger partial charge in [-0.15, -0.1) is 11.3 Å². The second-order valence-corrected chi connectivity index (χ2v) is 11.0. The van der Waals surface area contributed by atoms with Gasteiger partial charge in [0.05, 0.1) is 30.0 Å². The minimum atomic E-state index is -0.468. The van der Waals surface area contributed by atoms with Gasteiger partial charge in [0.25, 0.3) is 5.91 Å². The fourth-order valence-corrected chi connectivity index (χ4v) is 6.46. The van der Waals surface area contributed by atoms with Crippen LogP contribution in [0.5, 0.6) is 5.75 Å². The van der Waals surface area contributed by atoms with Crippen LogP contribution >= 0.6 is 11.3 Å². The topological polar surface area (TPSA) is 77.5 Å². The molecule has 200 valence electrons. The number of methoxy groups -OCH3 is 1. The molecule has 5 aromatic rings.